The second-order valence-electron chi connectivity index (χ2n) is 9.17. The van der Waals surface area contributed by atoms with Crippen molar-refractivity contribution < 1.29 is 0 Å². The monoisotopic (exact) mass is 412 g/mol. The molecule has 0 saturated carbocycles. The maximum absolute atomic E-state index is 2.68. The van der Waals surface area contributed by atoms with Gasteiger partial charge in [0.15, 0.2) is 0 Å². The van der Waals surface area contributed by atoms with Gasteiger partial charge in [-0.1, -0.05) is 0 Å². The Balaban J connectivity index is 1.72. The van der Waals surface area contributed by atoms with Gasteiger partial charge in [-0.2, -0.15) is 0 Å². The lowest BCUT2D eigenvalue weighted by Gasteiger charge is -2.28. The fourth-order valence-corrected chi connectivity index (χ4v) is 5.83. The van der Waals surface area contributed by atoms with E-state index < -0.39 is 0 Å². The SMILES string of the molecule is Cc1csc2ccc3c(c4c(n3CCCN(C)C)CCN(CCCN(C)C)C4)c12. The van der Waals surface area contributed by atoms with Gasteiger partial charge in [-0.3, -0.25) is 4.90 Å². The summed E-state index contributed by atoms with van der Waals surface area (Å²) in [4.78, 5) is 7.27. The largest absolute Gasteiger partial charge is 0.344 e. The zero-order valence-corrected chi connectivity index (χ0v) is 19.6. The molecule has 1 aromatic carbocycles. The molecule has 0 bridgehead atoms. The molecular weight excluding hydrogens is 376 g/mol. The van der Waals surface area contributed by atoms with Crippen LogP contribution in [0.4, 0.5) is 0 Å². The number of nitrogens with zero attached hydrogens (tertiary/aromatic N) is 4. The summed E-state index contributed by atoms with van der Waals surface area (Å²) in [6.45, 7) is 9.22. The fourth-order valence-electron chi connectivity index (χ4n) is 4.88. The molecule has 0 atom stereocenters. The average molecular weight is 413 g/mol. The molecule has 5 heteroatoms. The van der Waals surface area contributed by atoms with E-state index in [1.807, 2.05) is 11.3 Å². The zero-order valence-electron chi connectivity index (χ0n) is 18.8. The minimum absolute atomic E-state index is 1.11. The van der Waals surface area contributed by atoms with Crippen molar-refractivity contribution in [2.75, 3.05) is 54.4 Å². The third-order valence-corrected chi connectivity index (χ3v) is 7.35. The standard InChI is InChI=1S/C24H36N4S/c1-18-17-29-22-9-8-21-24(23(18)22)19-16-27(13-6-11-25(2)3)15-10-20(19)28(21)14-7-12-26(4)5/h8-9,17H,6-7,10-16H2,1-5H3. The smallest absolute Gasteiger partial charge is 0.0493 e. The summed E-state index contributed by atoms with van der Waals surface area (Å²) in [6.07, 6.45) is 3.63. The second-order valence-corrected chi connectivity index (χ2v) is 10.1. The van der Waals surface area contributed by atoms with E-state index in [0.717, 1.165) is 19.6 Å². The van der Waals surface area contributed by atoms with Crippen LogP contribution in [0.1, 0.15) is 29.7 Å². The number of rotatable bonds is 8. The molecule has 0 aliphatic carbocycles. The van der Waals surface area contributed by atoms with Gasteiger partial charge in [0.05, 0.1) is 0 Å². The summed E-state index contributed by atoms with van der Waals surface area (Å²) < 4.78 is 4.09. The quantitative estimate of drug-likeness (QED) is 0.544. The summed E-state index contributed by atoms with van der Waals surface area (Å²) in [5, 5.41) is 5.38. The van der Waals surface area contributed by atoms with E-state index in [9.17, 15) is 0 Å². The molecule has 158 valence electrons. The van der Waals surface area contributed by atoms with Crippen molar-refractivity contribution in [3.05, 3.63) is 34.3 Å². The normalized spacial score (nSPS) is 15.3. The van der Waals surface area contributed by atoms with Crippen LogP contribution in [0.5, 0.6) is 0 Å². The molecule has 3 aromatic rings. The molecule has 0 saturated heterocycles. The maximum Gasteiger partial charge on any atom is 0.0493 e. The number of benzene rings is 1. The number of aromatic nitrogens is 1. The minimum Gasteiger partial charge on any atom is -0.344 e. The van der Waals surface area contributed by atoms with E-state index in [0.29, 0.717) is 0 Å². The van der Waals surface area contributed by atoms with Crippen molar-refractivity contribution in [2.24, 2.45) is 0 Å². The number of hydrogen-bond donors (Lipinski definition) is 0. The van der Waals surface area contributed by atoms with Crippen molar-refractivity contribution in [1.29, 1.82) is 0 Å². The van der Waals surface area contributed by atoms with Crippen LogP contribution < -0.4 is 0 Å². The molecule has 0 fully saturated rings. The highest BCUT2D eigenvalue weighted by atomic mass is 32.1. The van der Waals surface area contributed by atoms with E-state index >= 15 is 0 Å². The Morgan fingerprint density at radius 1 is 0.966 bits per heavy atom. The first-order chi connectivity index (χ1) is 14.0. The zero-order chi connectivity index (χ0) is 20.5. The molecular formula is C24H36N4S. The van der Waals surface area contributed by atoms with E-state index in [-0.39, 0.29) is 0 Å². The van der Waals surface area contributed by atoms with Crippen molar-refractivity contribution >= 4 is 32.3 Å². The Morgan fingerprint density at radius 3 is 2.41 bits per heavy atom. The maximum atomic E-state index is 2.68. The van der Waals surface area contributed by atoms with Gasteiger partial charge < -0.3 is 14.4 Å². The van der Waals surface area contributed by atoms with Crippen molar-refractivity contribution in [3.63, 3.8) is 0 Å². The van der Waals surface area contributed by atoms with Crippen LogP contribution in [0, 0.1) is 6.92 Å². The second kappa shape index (κ2) is 8.76. The van der Waals surface area contributed by atoms with Gasteiger partial charge in [-0.15, -0.1) is 11.3 Å². The van der Waals surface area contributed by atoms with E-state index in [4.69, 9.17) is 0 Å². The van der Waals surface area contributed by atoms with Crippen LogP contribution >= 0.6 is 11.3 Å². The van der Waals surface area contributed by atoms with E-state index in [1.54, 1.807) is 16.6 Å². The third kappa shape index (κ3) is 4.24. The Bertz CT molecular complexity index is 982. The number of hydrogen-bond acceptors (Lipinski definition) is 4. The predicted molar refractivity (Wildman–Crippen MR) is 127 cm³/mol. The molecule has 0 radical (unpaired) electrons. The number of thiophene rings is 1. The lowest BCUT2D eigenvalue weighted by molar-refractivity contribution is 0.236. The molecule has 0 N–H and O–H groups in total. The molecule has 2 aromatic heterocycles. The van der Waals surface area contributed by atoms with Gasteiger partial charge in [0.1, 0.15) is 0 Å². The predicted octanol–water partition coefficient (Wildman–Crippen LogP) is 4.43. The van der Waals surface area contributed by atoms with Gasteiger partial charge in [0.25, 0.3) is 0 Å². The molecule has 0 unspecified atom stereocenters. The molecule has 4 rings (SSSR count). The Labute approximate surface area is 179 Å². The van der Waals surface area contributed by atoms with E-state index in [1.165, 1.54) is 60.1 Å². The lowest BCUT2D eigenvalue weighted by Crippen LogP contribution is -2.33. The van der Waals surface area contributed by atoms with Gasteiger partial charge in [0, 0.05) is 52.7 Å². The molecule has 1 aliphatic rings. The summed E-state index contributed by atoms with van der Waals surface area (Å²) in [5.41, 5.74) is 6.10. The van der Waals surface area contributed by atoms with Crippen molar-refractivity contribution in [1.82, 2.24) is 19.3 Å². The first-order valence-corrected chi connectivity index (χ1v) is 11.9. The van der Waals surface area contributed by atoms with Crippen LogP contribution in [-0.4, -0.2) is 73.6 Å². The first-order valence-electron chi connectivity index (χ1n) is 11.0. The Hall–Kier alpha value is -1.40. The fraction of sp³-hybridized carbons (Fsp3) is 0.583. The number of fused-ring (bicyclic) bond motifs is 5. The van der Waals surface area contributed by atoms with Crippen molar-refractivity contribution in [2.45, 2.75) is 39.3 Å². The topological polar surface area (TPSA) is 14.7 Å². The van der Waals surface area contributed by atoms with Gasteiger partial charge >= 0.3 is 0 Å². The lowest BCUT2D eigenvalue weighted by atomic mass is 10.0. The van der Waals surface area contributed by atoms with E-state index in [2.05, 4.69) is 71.9 Å². The Kier molecular flexibility index (Phi) is 6.30. The summed E-state index contributed by atoms with van der Waals surface area (Å²) in [5.74, 6) is 0. The van der Waals surface area contributed by atoms with Crippen molar-refractivity contribution in [3.8, 4) is 0 Å². The minimum atomic E-state index is 1.11. The molecule has 0 spiro atoms. The highest BCUT2D eigenvalue weighted by molar-refractivity contribution is 7.17. The highest BCUT2D eigenvalue weighted by Crippen LogP contribution is 2.39. The molecule has 29 heavy (non-hydrogen) atoms. The Morgan fingerprint density at radius 2 is 1.69 bits per heavy atom. The van der Waals surface area contributed by atoms with Crippen LogP contribution in [-0.2, 0) is 19.5 Å². The summed E-state index contributed by atoms with van der Waals surface area (Å²) in [7, 11) is 8.69. The molecule has 1 aliphatic heterocycles. The summed E-state index contributed by atoms with van der Waals surface area (Å²) >= 11 is 1.89. The van der Waals surface area contributed by atoms with Crippen LogP contribution in [0.15, 0.2) is 17.5 Å². The van der Waals surface area contributed by atoms with Crippen LogP contribution in [0.3, 0.4) is 0 Å². The average Bonchev–Trinajstić information content (AvgIpc) is 3.19. The van der Waals surface area contributed by atoms with Gasteiger partial charge in [-0.25, -0.2) is 0 Å². The molecule has 0 amide bonds. The summed E-state index contributed by atoms with van der Waals surface area (Å²) in [6, 6.07) is 4.73. The molecule has 3 heterocycles. The van der Waals surface area contributed by atoms with Gasteiger partial charge in [-0.05, 0) is 96.2 Å². The first kappa shape index (κ1) is 20.9. The van der Waals surface area contributed by atoms with Gasteiger partial charge in [0.2, 0.25) is 0 Å². The van der Waals surface area contributed by atoms with Crippen LogP contribution in [0.25, 0.3) is 21.0 Å². The number of aryl methyl sites for hydroxylation is 2. The van der Waals surface area contributed by atoms with Crippen LogP contribution in [0.2, 0.25) is 0 Å². The molecule has 4 nitrogen and oxygen atoms in total. The third-order valence-electron chi connectivity index (χ3n) is 6.28. The highest BCUT2D eigenvalue weighted by Gasteiger charge is 2.25.